The molecule has 1 aliphatic rings. The third-order valence-corrected chi connectivity index (χ3v) is 5.83. The van der Waals surface area contributed by atoms with E-state index in [-0.39, 0.29) is 12.0 Å². The Morgan fingerprint density at radius 1 is 0.857 bits per heavy atom. The van der Waals surface area contributed by atoms with Gasteiger partial charge in [-0.15, -0.1) is 0 Å². The van der Waals surface area contributed by atoms with Gasteiger partial charge >= 0.3 is 0 Å². The second-order valence-corrected chi connectivity index (χ2v) is 8.64. The Bertz CT molecular complexity index is 1290. The topological polar surface area (TPSA) is 133 Å². The molecule has 4 aromatic rings. The van der Waals surface area contributed by atoms with E-state index in [4.69, 9.17) is 0 Å². The average molecular weight is 470 g/mol. The molecule has 1 saturated heterocycles. The van der Waals surface area contributed by atoms with Crippen LogP contribution >= 0.6 is 0 Å². The minimum atomic E-state index is -0.0702. The van der Waals surface area contributed by atoms with Crippen LogP contribution < -0.4 is 21.3 Å². The number of nitrogens with zero attached hydrogens (tertiary/aromatic N) is 5. The van der Waals surface area contributed by atoms with E-state index in [1.165, 1.54) is 0 Å². The Morgan fingerprint density at radius 2 is 1.60 bits per heavy atom. The summed E-state index contributed by atoms with van der Waals surface area (Å²) in [7, 11) is 0. The van der Waals surface area contributed by atoms with Gasteiger partial charge in [-0.25, -0.2) is 19.9 Å². The van der Waals surface area contributed by atoms with Crippen molar-refractivity contribution in [1.82, 2.24) is 30.2 Å². The number of hydrogen-bond donors (Lipinski definition) is 5. The quantitative estimate of drug-likeness (QED) is 0.249. The van der Waals surface area contributed by atoms with Crippen LogP contribution in [-0.2, 0) is 0 Å². The van der Waals surface area contributed by atoms with E-state index in [9.17, 15) is 5.11 Å². The molecule has 5 N–H and O–H groups in total. The molecule has 5 rings (SSSR count). The minimum absolute atomic E-state index is 0.0702. The number of anilines is 5. The zero-order chi connectivity index (χ0) is 24.1. The molecule has 0 aliphatic carbocycles. The fraction of sp³-hybridized carbons (Fsp3) is 0.240. The van der Waals surface area contributed by atoms with Crippen molar-refractivity contribution in [2.24, 2.45) is 5.41 Å². The van der Waals surface area contributed by atoms with E-state index in [1.807, 2.05) is 49.4 Å². The first-order chi connectivity index (χ1) is 17.1. The first-order valence-corrected chi connectivity index (χ1v) is 11.4. The van der Waals surface area contributed by atoms with E-state index < -0.39 is 0 Å². The maximum atomic E-state index is 9.60. The zero-order valence-electron chi connectivity index (χ0n) is 19.4. The van der Waals surface area contributed by atoms with Gasteiger partial charge < -0.3 is 26.4 Å². The summed E-state index contributed by atoms with van der Waals surface area (Å²) in [6.45, 7) is 4.50. The molecule has 1 aliphatic heterocycles. The summed E-state index contributed by atoms with van der Waals surface area (Å²) in [5.41, 5.74) is 3.41. The lowest BCUT2D eigenvalue weighted by Gasteiger charge is -2.41. The molecule has 0 unspecified atom stereocenters. The number of rotatable bonds is 9. The van der Waals surface area contributed by atoms with Gasteiger partial charge in [-0.1, -0.05) is 6.07 Å². The smallest absolute Gasteiger partial charge is 0.229 e. The van der Waals surface area contributed by atoms with Gasteiger partial charge in [-0.05, 0) is 55.5 Å². The highest BCUT2D eigenvalue weighted by Crippen LogP contribution is 2.24. The lowest BCUT2D eigenvalue weighted by Crippen LogP contribution is -2.59. The number of pyridine rings is 1. The molecule has 1 aromatic carbocycles. The van der Waals surface area contributed by atoms with Crippen LogP contribution in [0.4, 0.5) is 29.0 Å². The van der Waals surface area contributed by atoms with Gasteiger partial charge in [-0.2, -0.15) is 4.98 Å². The Labute approximate surface area is 203 Å². The number of aliphatic hydroxyl groups excluding tert-OH is 1. The van der Waals surface area contributed by atoms with Crippen molar-refractivity contribution in [2.75, 3.05) is 42.2 Å². The van der Waals surface area contributed by atoms with Crippen LogP contribution in [-0.4, -0.2) is 56.3 Å². The molecular weight excluding hydrogens is 442 g/mol. The Morgan fingerprint density at radius 3 is 2.31 bits per heavy atom. The van der Waals surface area contributed by atoms with Crippen molar-refractivity contribution < 1.29 is 5.11 Å². The van der Waals surface area contributed by atoms with Crippen LogP contribution in [0.5, 0.6) is 0 Å². The lowest BCUT2D eigenvalue weighted by molar-refractivity contribution is 0.0810. The molecule has 178 valence electrons. The maximum absolute atomic E-state index is 9.60. The van der Waals surface area contributed by atoms with Crippen LogP contribution in [0.2, 0.25) is 0 Å². The number of hydrogen-bond acceptors (Lipinski definition) is 10. The van der Waals surface area contributed by atoms with Crippen molar-refractivity contribution in [3.8, 4) is 11.5 Å². The molecule has 3 aromatic heterocycles. The summed E-state index contributed by atoms with van der Waals surface area (Å²) in [5, 5.41) is 22.6. The van der Waals surface area contributed by atoms with Crippen molar-refractivity contribution >= 4 is 29.0 Å². The van der Waals surface area contributed by atoms with E-state index in [2.05, 4.69) is 46.2 Å². The maximum Gasteiger partial charge on any atom is 0.229 e. The first kappa shape index (κ1) is 22.6. The summed E-state index contributed by atoms with van der Waals surface area (Å²) in [4.78, 5) is 22.2. The number of aliphatic hydroxyl groups is 1. The van der Waals surface area contributed by atoms with E-state index in [0.717, 1.165) is 36.7 Å². The van der Waals surface area contributed by atoms with Gasteiger partial charge in [0.25, 0.3) is 0 Å². The highest BCUT2D eigenvalue weighted by atomic mass is 16.3. The van der Waals surface area contributed by atoms with E-state index >= 15 is 0 Å². The highest BCUT2D eigenvalue weighted by molar-refractivity contribution is 5.61. The van der Waals surface area contributed by atoms with Crippen molar-refractivity contribution in [1.29, 1.82) is 0 Å². The summed E-state index contributed by atoms with van der Waals surface area (Å²) < 4.78 is 0. The molecule has 1 fully saturated rings. The third kappa shape index (κ3) is 5.51. The Kier molecular flexibility index (Phi) is 6.47. The third-order valence-electron chi connectivity index (χ3n) is 5.83. The van der Waals surface area contributed by atoms with Crippen molar-refractivity contribution in [3.05, 3.63) is 72.7 Å². The number of aromatic nitrogens is 5. The molecule has 0 atom stereocenters. The molecule has 35 heavy (non-hydrogen) atoms. The predicted molar refractivity (Wildman–Crippen MR) is 136 cm³/mol. The van der Waals surface area contributed by atoms with E-state index in [0.29, 0.717) is 29.1 Å². The second kappa shape index (κ2) is 10.00. The fourth-order valence-corrected chi connectivity index (χ4v) is 3.70. The molecule has 4 heterocycles. The van der Waals surface area contributed by atoms with E-state index in [1.54, 1.807) is 24.5 Å². The van der Waals surface area contributed by atoms with Crippen LogP contribution in [0.3, 0.4) is 0 Å². The molecule has 0 saturated carbocycles. The van der Waals surface area contributed by atoms with Crippen molar-refractivity contribution in [3.63, 3.8) is 0 Å². The minimum Gasteiger partial charge on any atom is -0.396 e. The number of benzene rings is 1. The second-order valence-electron chi connectivity index (χ2n) is 8.64. The molecule has 10 nitrogen and oxygen atoms in total. The summed E-state index contributed by atoms with van der Waals surface area (Å²) in [6, 6.07) is 17.2. The van der Waals surface area contributed by atoms with Gasteiger partial charge in [0.05, 0.1) is 6.61 Å². The standard InChI is InChI=1S/C25H27N9O/c1-17-3-2-4-20(30-17)23-27-11-9-21(33-23)32-22-10-12-28-24(34-22)31-19-7-5-18(6-8-19)29-15-25(16-35)13-26-14-25/h2-12,26,29,35H,13-16H2,1H3,(H2,27,28,31,32,33,34). The van der Waals surface area contributed by atoms with Crippen molar-refractivity contribution in [2.45, 2.75) is 6.92 Å². The number of aryl methyl sites for hydroxylation is 1. The highest BCUT2D eigenvalue weighted by Gasteiger charge is 2.35. The molecule has 0 bridgehead atoms. The van der Waals surface area contributed by atoms with Crippen LogP contribution in [0.25, 0.3) is 11.5 Å². The molecule has 0 amide bonds. The van der Waals surface area contributed by atoms with Crippen LogP contribution in [0.15, 0.2) is 67.0 Å². The van der Waals surface area contributed by atoms with Gasteiger partial charge in [0, 0.05) is 54.5 Å². The molecule has 0 spiro atoms. The first-order valence-electron chi connectivity index (χ1n) is 11.4. The largest absolute Gasteiger partial charge is 0.396 e. The predicted octanol–water partition coefficient (Wildman–Crippen LogP) is 3.12. The summed E-state index contributed by atoms with van der Waals surface area (Å²) in [5.74, 6) is 2.22. The van der Waals surface area contributed by atoms with Gasteiger partial charge in [-0.3, -0.25) is 0 Å². The van der Waals surface area contributed by atoms with Crippen LogP contribution in [0, 0.1) is 12.3 Å². The van der Waals surface area contributed by atoms with Gasteiger partial charge in [0.15, 0.2) is 5.82 Å². The van der Waals surface area contributed by atoms with Gasteiger partial charge in [0.2, 0.25) is 5.95 Å². The monoisotopic (exact) mass is 469 g/mol. The Hall–Kier alpha value is -4.15. The Balaban J connectivity index is 1.22. The fourth-order valence-electron chi connectivity index (χ4n) is 3.70. The lowest BCUT2D eigenvalue weighted by atomic mass is 9.82. The van der Waals surface area contributed by atoms with Gasteiger partial charge in [0.1, 0.15) is 17.3 Å². The average Bonchev–Trinajstić information content (AvgIpc) is 2.85. The summed E-state index contributed by atoms with van der Waals surface area (Å²) in [6.07, 6.45) is 3.37. The molecular formula is C25H27N9O. The number of nitrogens with one attached hydrogen (secondary N) is 4. The molecule has 10 heteroatoms. The molecule has 0 radical (unpaired) electrons. The zero-order valence-corrected chi connectivity index (χ0v) is 19.4. The van der Waals surface area contributed by atoms with Crippen LogP contribution in [0.1, 0.15) is 5.69 Å². The SMILES string of the molecule is Cc1cccc(-c2nccc(Nc3ccnc(Nc4ccc(NCC5(CO)CNC5)cc4)n3)n2)n1. The normalized spacial score (nSPS) is 14.1. The summed E-state index contributed by atoms with van der Waals surface area (Å²) >= 11 is 0.